The van der Waals surface area contributed by atoms with Crippen molar-refractivity contribution in [2.45, 2.75) is 19.0 Å². The molecular weight excluding hydrogens is 422 g/mol. The number of furan rings is 1. The van der Waals surface area contributed by atoms with Gasteiger partial charge in [0.25, 0.3) is 5.91 Å². The highest BCUT2D eigenvalue weighted by Crippen LogP contribution is 2.33. The van der Waals surface area contributed by atoms with Gasteiger partial charge in [-0.1, -0.05) is 42.5 Å². The van der Waals surface area contributed by atoms with Gasteiger partial charge in [-0.2, -0.15) is 0 Å². The van der Waals surface area contributed by atoms with E-state index in [0.717, 1.165) is 5.56 Å². The number of anilines is 1. The smallest absolute Gasteiger partial charge is 0.276 e. The number of hydrazine groups is 1. The van der Waals surface area contributed by atoms with E-state index in [-0.39, 0.29) is 18.2 Å². The largest absolute Gasteiger partial charge is 0.450 e. The van der Waals surface area contributed by atoms with Gasteiger partial charge in [0, 0.05) is 12.1 Å². The molecular formula is C21H18BrN3O3. The maximum Gasteiger partial charge on any atom is 0.276 e. The Morgan fingerprint density at radius 2 is 1.82 bits per heavy atom. The van der Waals surface area contributed by atoms with E-state index in [0.29, 0.717) is 28.1 Å². The molecule has 2 amide bonds. The molecule has 2 N–H and O–H groups in total. The molecule has 0 radical (unpaired) electrons. The topological polar surface area (TPSA) is 74.6 Å². The van der Waals surface area contributed by atoms with Crippen LogP contribution in [0.25, 0.3) is 0 Å². The Morgan fingerprint density at radius 1 is 1.07 bits per heavy atom. The van der Waals surface area contributed by atoms with E-state index >= 15 is 0 Å². The molecule has 1 aromatic heterocycles. The number of fused-ring (bicyclic) bond motifs is 1. The number of aryl methyl sites for hydroxylation is 1. The fourth-order valence-corrected chi connectivity index (χ4v) is 3.46. The first-order valence-corrected chi connectivity index (χ1v) is 9.69. The highest BCUT2D eigenvalue weighted by Gasteiger charge is 2.35. The lowest BCUT2D eigenvalue weighted by molar-refractivity contribution is -0.125. The van der Waals surface area contributed by atoms with E-state index in [4.69, 9.17) is 4.42 Å². The number of hydrogen-bond donors (Lipinski definition) is 2. The average Bonchev–Trinajstić information content (AvgIpc) is 3.15. The molecule has 4 rings (SSSR count). The number of amides is 2. The molecule has 7 heteroatoms. The number of hydrogen-bond acceptors (Lipinski definition) is 4. The lowest BCUT2D eigenvalue weighted by Crippen LogP contribution is -2.52. The van der Waals surface area contributed by atoms with E-state index in [1.165, 1.54) is 5.01 Å². The number of nitrogens with zero attached hydrogens (tertiary/aromatic N) is 1. The molecule has 3 aromatic rings. The third kappa shape index (κ3) is 3.80. The van der Waals surface area contributed by atoms with Gasteiger partial charge in [0.05, 0.1) is 5.56 Å². The normalized spacial score (nSPS) is 15.7. The Kier molecular flexibility index (Phi) is 5.16. The van der Waals surface area contributed by atoms with Crippen LogP contribution in [0.1, 0.15) is 34.3 Å². The van der Waals surface area contributed by atoms with Gasteiger partial charge in [0.2, 0.25) is 5.91 Å². The lowest BCUT2D eigenvalue weighted by atomic mass is 10.1. The predicted molar refractivity (Wildman–Crippen MR) is 108 cm³/mol. The predicted octanol–water partition coefficient (Wildman–Crippen LogP) is 4.27. The van der Waals surface area contributed by atoms with Crippen molar-refractivity contribution < 1.29 is 14.0 Å². The van der Waals surface area contributed by atoms with E-state index in [2.05, 4.69) is 26.7 Å². The fourth-order valence-electron chi connectivity index (χ4n) is 3.14. The number of benzene rings is 2. The van der Waals surface area contributed by atoms with E-state index in [9.17, 15) is 9.59 Å². The maximum atomic E-state index is 13.0. The molecule has 0 saturated carbocycles. The third-order valence-corrected chi connectivity index (χ3v) is 4.95. The van der Waals surface area contributed by atoms with E-state index < -0.39 is 6.17 Å². The first kappa shape index (κ1) is 18.3. The Morgan fingerprint density at radius 3 is 2.57 bits per heavy atom. The Bertz CT molecular complexity index is 1000. The fraction of sp³-hybridized carbons (Fsp3) is 0.143. The van der Waals surface area contributed by atoms with Crippen LogP contribution in [0.15, 0.2) is 75.8 Å². The minimum atomic E-state index is -0.644. The van der Waals surface area contributed by atoms with E-state index in [1.807, 2.05) is 42.5 Å². The van der Waals surface area contributed by atoms with Crippen LogP contribution in [-0.4, -0.2) is 16.8 Å². The van der Waals surface area contributed by atoms with Crippen LogP contribution in [0.4, 0.5) is 5.69 Å². The second kappa shape index (κ2) is 7.90. The summed E-state index contributed by atoms with van der Waals surface area (Å²) in [5.41, 5.74) is 5.00. The van der Waals surface area contributed by atoms with Gasteiger partial charge in [-0.15, -0.1) is 0 Å². The van der Waals surface area contributed by atoms with Crippen molar-refractivity contribution in [1.82, 2.24) is 10.4 Å². The van der Waals surface area contributed by atoms with Crippen LogP contribution in [-0.2, 0) is 11.2 Å². The summed E-state index contributed by atoms with van der Waals surface area (Å²) in [5.74, 6) is -0.0213. The minimum absolute atomic E-state index is 0.242. The SMILES string of the molecule is O=C(CCc1ccccc1)NN1C(=O)c2ccccc2NC1c1ccc(Br)o1. The van der Waals surface area contributed by atoms with Gasteiger partial charge in [-0.25, -0.2) is 5.01 Å². The summed E-state index contributed by atoms with van der Waals surface area (Å²) in [4.78, 5) is 25.6. The molecule has 0 bridgehead atoms. The molecule has 1 atom stereocenters. The molecule has 2 heterocycles. The van der Waals surface area contributed by atoms with Crippen LogP contribution < -0.4 is 10.7 Å². The molecule has 0 fully saturated rings. The summed E-state index contributed by atoms with van der Waals surface area (Å²) in [6.07, 6.45) is 0.217. The quantitative estimate of drug-likeness (QED) is 0.622. The van der Waals surface area contributed by atoms with Gasteiger partial charge in [0.15, 0.2) is 10.8 Å². The number of nitrogens with one attached hydrogen (secondary N) is 2. The van der Waals surface area contributed by atoms with Gasteiger partial charge < -0.3 is 9.73 Å². The van der Waals surface area contributed by atoms with Crippen molar-refractivity contribution in [3.8, 4) is 0 Å². The standard InChI is InChI=1S/C21H18BrN3O3/c22-18-12-11-17(28-18)20-23-16-9-5-4-8-15(16)21(27)25(20)24-19(26)13-10-14-6-2-1-3-7-14/h1-9,11-12,20,23H,10,13H2,(H,24,26). The molecule has 28 heavy (non-hydrogen) atoms. The summed E-state index contributed by atoms with van der Waals surface area (Å²) in [6, 6.07) is 20.4. The molecule has 0 saturated heterocycles. The summed E-state index contributed by atoms with van der Waals surface area (Å²) < 4.78 is 6.18. The Hall–Kier alpha value is -3.06. The van der Waals surface area contributed by atoms with Gasteiger partial charge >= 0.3 is 0 Å². The number of carbonyl (C=O) groups excluding carboxylic acids is 2. The minimum Gasteiger partial charge on any atom is -0.450 e. The molecule has 6 nitrogen and oxygen atoms in total. The third-order valence-electron chi connectivity index (χ3n) is 4.52. The maximum absolute atomic E-state index is 13.0. The second-order valence-corrected chi connectivity index (χ2v) is 7.21. The first-order valence-electron chi connectivity index (χ1n) is 8.89. The van der Waals surface area contributed by atoms with Crippen molar-refractivity contribution in [3.05, 3.63) is 88.3 Å². The number of rotatable bonds is 5. The van der Waals surface area contributed by atoms with Crippen molar-refractivity contribution in [3.63, 3.8) is 0 Å². The van der Waals surface area contributed by atoms with E-state index in [1.54, 1.807) is 24.3 Å². The monoisotopic (exact) mass is 439 g/mol. The van der Waals surface area contributed by atoms with Crippen molar-refractivity contribution >= 4 is 33.4 Å². The number of halogens is 1. The van der Waals surface area contributed by atoms with Crippen LogP contribution in [0.2, 0.25) is 0 Å². The Labute approximate surface area is 170 Å². The Balaban J connectivity index is 1.55. The van der Waals surface area contributed by atoms with Crippen molar-refractivity contribution in [1.29, 1.82) is 0 Å². The highest BCUT2D eigenvalue weighted by molar-refractivity contribution is 9.10. The van der Waals surface area contributed by atoms with Crippen LogP contribution in [0.5, 0.6) is 0 Å². The summed E-state index contributed by atoms with van der Waals surface area (Å²) in [6.45, 7) is 0. The van der Waals surface area contributed by atoms with Crippen molar-refractivity contribution in [2.75, 3.05) is 5.32 Å². The zero-order valence-electron chi connectivity index (χ0n) is 14.9. The number of para-hydroxylation sites is 1. The number of carbonyl (C=O) groups is 2. The zero-order valence-corrected chi connectivity index (χ0v) is 16.5. The summed E-state index contributed by atoms with van der Waals surface area (Å²) >= 11 is 3.28. The first-order chi connectivity index (χ1) is 13.6. The van der Waals surface area contributed by atoms with Crippen LogP contribution >= 0.6 is 15.9 Å². The van der Waals surface area contributed by atoms with Gasteiger partial charge in [-0.05, 0) is 52.2 Å². The summed E-state index contributed by atoms with van der Waals surface area (Å²) in [5, 5.41) is 4.55. The summed E-state index contributed by atoms with van der Waals surface area (Å²) in [7, 11) is 0. The van der Waals surface area contributed by atoms with Crippen LogP contribution in [0, 0.1) is 0 Å². The van der Waals surface area contributed by atoms with Gasteiger partial charge in [0.1, 0.15) is 5.76 Å². The van der Waals surface area contributed by atoms with Crippen LogP contribution in [0.3, 0.4) is 0 Å². The zero-order chi connectivity index (χ0) is 19.5. The molecule has 0 spiro atoms. The van der Waals surface area contributed by atoms with Crippen molar-refractivity contribution in [2.24, 2.45) is 0 Å². The molecule has 142 valence electrons. The lowest BCUT2D eigenvalue weighted by Gasteiger charge is -2.36. The average molecular weight is 440 g/mol. The molecule has 0 aliphatic carbocycles. The molecule has 1 aliphatic heterocycles. The molecule has 1 unspecified atom stereocenters. The highest BCUT2D eigenvalue weighted by atomic mass is 79.9. The second-order valence-electron chi connectivity index (χ2n) is 6.43. The molecule has 1 aliphatic rings. The van der Waals surface area contributed by atoms with Gasteiger partial charge in [-0.3, -0.25) is 15.0 Å². The molecule has 2 aromatic carbocycles.